The van der Waals surface area contributed by atoms with Crippen molar-refractivity contribution in [2.75, 3.05) is 27.4 Å². The number of hydrogen-bond acceptors (Lipinski definition) is 4. The van der Waals surface area contributed by atoms with E-state index in [0.29, 0.717) is 22.8 Å². The monoisotopic (exact) mass is 355 g/mol. The maximum Gasteiger partial charge on any atom is 0.240 e. The van der Waals surface area contributed by atoms with Gasteiger partial charge in [-0.1, -0.05) is 11.6 Å². The lowest BCUT2D eigenvalue weighted by atomic mass is 10.1. The summed E-state index contributed by atoms with van der Waals surface area (Å²) in [5.74, 6) is 0.194. The maximum absolute atomic E-state index is 12.4. The average Bonchev–Trinajstić information content (AvgIpc) is 2.45. The van der Waals surface area contributed by atoms with Crippen LogP contribution < -0.4 is 4.72 Å². The van der Waals surface area contributed by atoms with Gasteiger partial charge in [0.15, 0.2) is 0 Å². The Morgan fingerprint density at radius 3 is 2.52 bits per heavy atom. The molecule has 8 heteroatoms. The molecule has 0 spiro atoms. The Morgan fingerprint density at radius 2 is 2.00 bits per heavy atom. The van der Waals surface area contributed by atoms with Crippen LogP contribution >= 0.6 is 23.2 Å². The summed E-state index contributed by atoms with van der Waals surface area (Å²) in [6.45, 7) is 2.10. The van der Waals surface area contributed by atoms with E-state index in [4.69, 9.17) is 32.7 Å². The van der Waals surface area contributed by atoms with Crippen molar-refractivity contribution in [1.82, 2.24) is 4.72 Å². The van der Waals surface area contributed by atoms with Gasteiger partial charge >= 0.3 is 0 Å². The number of benzene rings is 1. The molecule has 21 heavy (non-hydrogen) atoms. The molecule has 0 saturated heterocycles. The molecular weight excluding hydrogens is 337 g/mol. The summed E-state index contributed by atoms with van der Waals surface area (Å²) in [7, 11) is -0.682. The topological polar surface area (TPSA) is 64.6 Å². The van der Waals surface area contributed by atoms with Crippen LogP contribution in [-0.4, -0.2) is 41.9 Å². The number of ether oxygens (including phenoxy) is 2. The fourth-order valence-corrected chi connectivity index (χ4v) is 3.76. The van der Waals surface area contributed by atoms with Gasteiger partial charge in [-0.15, -0.1) is 11.6 Å². The molecule has 0 radical (unpaired) electrons. The molecular formula is C13H19Cl2NO4S. The molecule has 1 rings (SSSR count). The summed E-state index contributed by atoms with van der Waals surface area (Å²) in [5.41, 5.74) is 1.27. The van der Waals surface area contributed by atoms with Crippen LogP contribution in [-0.2, 0) is 25.4 Å². The van der Waals surface area contributed by atoms with Crippen molar-refractivity contribution in [2.45, 2.75) is 23.8 Å². The van der Waals surface area contributed by atoms with E-state index in [9.17, 15) is 8.42 Å². The van der Waals surface area contributed by atoms with Crippen molar-refractivity contribution >= 4 is 33.2 Å². The van der Waals surface area contributed by atoms with E-state index in [1.165, 1.54) is 20.3 Å². The van der Waals surface area contributed by atoms with Gasteiger partial charge in [0.05, 0.1) is 17.6 Å². The Labute approximate surface area is 135 Å². The van der Waals surface area contributed by atoms with Crippen molar-refractivity contribution < 1.29 is 17.9 Å². The second kappa shape index (κ2) is 8.31. The molecule has 0 aromatic heterocycles. The van der Waals surface area contributed by atoms with Crippen LogP contribution in [0.5, 0.6) is 0 Å². The third-order valence-electron chi connectivity index (χ3n) is 3.05. The SMILES string of the molecule is COCC(CNS(=O)(=O)c1cc(Cl)cc(CCl)c1C)OC. The van der Waals surface area contributed by atoms with Gasteiger partial charge in [-0.25, -0.2) is 13.1 Å². The van der Waals surface area contributed by atoms with Crippen LogP contribution in [0.1, 0.15) is 11.1 Å². The minimum absolute atomic E-state index is 0.106. The summed E-state index contributed by atoms with van der Waals surface area (Å²) in [4.78, 5) is 0.123. The fourth-order valence-electron chi connectivity index (χ4n) is 1.80. The first-order valence-electron chi connectivity index (χ1n) is 6.22. The van der Waals surface area contributed by atoms with Crippen LogP contribution in [0, 0.1) is 6.92 Å². The molecule has 5 nitrogen and oxygen atoms in total. The van der Waals surface area contributed by atoms with Gasteiger partial charge in [-0.05, 0) is 30.2 Å². The zero-order valence-electron chi connectivity index (χ0n) is 12.2. The molecule has 1 aromatic rings. The lowest BCUT2D eigenvalue weighted by Crippen LogP contribution is -2.35. The van der Waals surface area contributed by atoms with Crippen molar-refractivity contribution in [1.29, 1.82) is 0 Å². The molecule has 1 atom stereocenters. The molecule has 120 valence electrons. The van der Waals surface area contributed by atoms with E-state index < -0.39 is 10.0 Å². The highest BCUT2D eigenvalue weighted by Crippen LogP contribution is 2.25. The van der Waals surface area contributed by atoms with E-state index in [1.807, 2.05) is 0 Å². The molecule has 0 bridgehead atoms. The van der Waals surface area contributed by atoms with Crippen LogP contribution in [0.2, 0.25) is 5.02 Å². The highest BCUT2D eigenvalue weighted by Gasteiger charge is 2.21. The molecule has 1 N–H and O–H groups in total. The molecule has 0 fully saturated rings. The summed E-state index contributed by atoms with van der Waals surface area (Å²) < 4.78 is 37.3. The van der Waals surface area contributed by atoms with Crippen molar-refractivity contribution in [3.63, 3.8) is 0 Å². The smallest absolute Gasteiger partial charge is 0.240 e. The number of nitrogens with one attached hydrogen (secondary N) is 1. The molecule has 0 aliphatic heterocycles. The van der Waals surface area contributed by atoms with E-state index in [0.717, 1.165) is 0 Å². The normalized spacial score (nSPS) is 13.4. The first-order chi connectivity index (χ1) is 9.85. The van der Waals surface area contributed by atoms with Gasteiger partial charge in [0.2, 0.25) is 10.0 Å². The predicted octanol–water partition coefficient (Wildman–Crippen LogP) is 2.33. The Morgan fingerprint density at radius 1 is 1.33 bits per heavy atom. The van der Waals surface area contributed by atoms with Crippen LogP contribution in [0.4, 0.5) is 0 Å². The third-order valence-corrected chi connectivity index (χ3v) is 5.11. The number of rotatable bonds is 8. The molecule has 0 amide bonds. The third kappa shape index (κ3) is 5.09. The van der Waals surface area contributed by atoms with E-state index in [-0.39, 0.29) is 23.4 Å². The standard InChI is InChI=1S/C13H19Cl2NO4S/c1-9-10(6-14)4-11(15)5-13(9)21(17,18)16-7-12(20-3)8-19-2/h4-5,12,16H,6-8H2,1-3H3. The second-order valence-corrected chi connectivity index (χ2v) is 6.93. The Hall–Kier alpha value is -0.370. The number of hydrogen-bond donors (Lipinski definition) is 1. The summed E-state index contributed by atoms with van der Waals surface area (Å²) in [6.07, 6.45) is -0.364. The zero-order valence-corrected chi connectivity index (χ0v) is 14.5. The van der Waals surface area contributed by atoms with Crippen LogP contribution in [0.25, 0.3) is 0 Å². The Bertz CT molecular complexity index is 578. The van der Waals surface area contributed by atoms with E-state index in [1.54, 1.807) is 13.0 Å². The number of halogens is 2. The second-order valence-electron chi connectivity index (χ2n) is 4.49. The number of alkyl halides is 1. The summed E-state index contributed by atoms with van der Waals surface area (Å²) in [6, 6.07) is 3.07. The maximum atomic E-state index is 12.4. The number of methoxy groups -OCH3 is 2. The molecule has 0 saturated carbocycles. The molecule has 1 unspecified atom stereocenters. The van der Waals surface area contributed by atoms with Gasteiger partial charge in [-0.2, -0.15) is 0 Å². The molecule has 0 aliphatic rings. The van der Waals surface area contributed by atoms with Crippen molar-refractivity contribution in [3.05, 3.63) is 28.3 Å². The highest BCUT2D eigenvalue weighted by atomic mass is 35.5. The van der Waals surface area contributed by atoms with E-state index in [2.05, 4.69) is 4.72 Å². The lowest BCUT2D eigenvalue weighted by molar-refractivity contribution is 0.0320. The van der Waals surface area contributed by atoms with Gasteiger partial charge in [0.25, 0.3) is 0 Å². The minimum atomic E-state index is -3.70. The van der Waals surface area contributed by atoms with E-state index >= 15 is 0 Å². The lowest BCUT2D eigenvalue weighted by Gasteiger charge is -2.17. The summed E-state index contributed by atoms with van der Waals surface area (Å²) in [5, 5.41) is 0.330. The largest absolute Gasteiger partial charge is 0.382 e. The predicted molar refractivity (Wildman–Crippen MR) is 83.6 cm³/mol. The molecule has 0 aliphatic carbocycles. The number of sulfonamides is 1. The van der Waals surface area contributed by atoms with Crippen molar-refractivity contribution in [2.24, 2.45) is 0 Å². The van der Waals surface area contributed by atoms with Crippen molar-refractivity contribution in [3.8, 4) is 0 Å². The first-order valence-corrected chi connectivity index (χ1v) is 8.61. The first kappa shape index (κ1) is 18.7. The fraction of sp³-hybridized carbons (Fsp3) is 0.538. The van der Waals surface area contributed by atoms with Gasteiger partial charge < -0.3 is 9.47 Å². The van der Waals surface area contributed by atoms with Crippen LogP contribution in [0.3, 0.4) is 0 Å². The summed E-state index contributed by atoms with van der Waals surface area (Å²) >= 11 is 11.8. The molecule has 0 heterocycles. The van der Waals surface area contributed by atoms with Crippen LogP contribution in [0.15, 0.2) is 17.0 Å². The quantitative estimate of drug-likeness (QED) is 0.726. The highest BCUT2D eigenvalue weighted by molar-refractivity contribution is 7.89. The molecule has 1 aromatic carbocycles. The minimum Gasteiger partial charge on any atom is -0.382 e. The van der Waals surface area contributed by atoms with Gasteiger partial charge in [-0.3, -0.25) is 0 Å². The van der Waals surface area contributed by atoms with Gasteiger partial charge in [0, 0.05) is 31.7 Å². The Balaban J connectivity index is 3.00. The average molecular weight is 356 g/mol. The zero-order chi connectivity index (χ0) is 16.0. The Kier molecular flexibility index (Phi) is 7.39. The van der Waals surface area contributed by atoms with Gasteiger partial charge in [0.1, 0.15) is 0 Å².